The standard InChI is InChI=1S/C18H20N4O2/c1-4-22(11-13-7-5-6-12(2)8-13)18(24)15-9-19-17-14(16(15)23)10-20-21(17)3/h5-10H,4,11H2,1-3H3,(H,19,23). The van der Waals surface area contributed by atoms with Gasteiger partial charge < -0.3 is 9.88 Å². The van der Waals surface area contributed by atoms with Crippen molar-refractivity contribution in [2.24, 2.45) is 7.05 Å². The van der Waals surface area contributed by atoms with Gasteiger partial charge in [0.2, 0.25) is 5.43 Å². The molecule has 1 amide bonds. The molecule has 0 aliphatic carbocycles. The van der Waals surface area contributed by atoms with E-state index in [0.717, 1.165) is 11.1 Å². The van der Waals surface area contributed by atoms with Crippen molar-refractivity contribution in [3.05, 3.63) is 63.6 Å². The number of aromatic amines is 1. The molecule has 0 atom stereocenters. The first-order valence-corrected chi connectivity index (χ1v) is 7.89. The van der Waals surface area contributed by atoms with Gasteiger partial charge in [0.25, 0.3) is 5.91 Å². The van der Waals surface area contributed by atoms with E-state index in [1.165, 1.54) is 12.4 Å². The molecule has 124 valence electrons. The monoisotopic (exact) mass is 324 g/mol. The van der Waals surface area contributed by atoms with Crippen LogP contribution in [0.15, 0.2) is 41.5 Å². The molecule has 0 bridgehead atoms. The fourth-order valence-electron chi connectivity index (χ4n) is 2.81. The van der Waals surface area contributed by atoms with Crippen molar-refractivity contribution in [3.63, 3.8) is 0 Å². The summed E-state index contributed by atoms with van der Waals surface area (Å²) in [5.41, 5.74) is 2.66. The van der Waals surface area contributed by atoms with Gasteiger partial charge in [-0.15, -0.1) is 0 Å². The first kappa shape index (κ1) is 16.0. The fourth-order valence-corrected chi connectivity index (χ4v) is 2.81. The van der Waals surface area contributed by atoms with Crippen molar-refractivity contribution in [3.8, 4) is 0 Å². The largest absolute Gasteiger partial charge is 0.345 e. The van der Waals surface area contributed by atoms with E-state index < -0.39 is 0 Å². The van der Waals surface area contributed by atoms with Gasteiger partial charge in [-0.05, 0) is 19.4 Å². The average Bonchev–Trinajstić information content (AvgIpc) is 2.95. The lowest BCUT2D eigenvalue weighted by atomic mass is 10.1. The molecule has 0 aliphatic heterocycles. The molecule has 2 heterocycles. The molecule has 0 fully saturated rings. The van der Waals surface area contributed by atoms with E-state index in [2.05, 4.69) is 10.1 Å². The highest BCUT2D eigenvalue weighted by Gasteiger charge is 2.20. The topological polar surface area (TPSA) is 71.0 Å². The van der Waals surface area contributed by atoms with Crippen LogP contribution in [-0.2, 0) is 13.6 Å². The smallest absolute Gasteiger partial charge is 0.259 e. The second kappa shape index (κ2) is 6.31. The molecule has 6 heteroatoms. The number of rotatable bonds is 4. The molecule has 1 N–H and O–H groups in total. The van der Waals surface area contributed by atoms with E-state index in [4.69, 9.17) is 0 Å². The number of nitrogens with one attached hydrogen (secondary N) is 1. The van der Waals surface area contributed by atoms with Gasteiger partial charge in [-0.3, -0.25) is 14.3 Å². The summed E-state index contributed by atoms with van der Waals surface area (Å²) in [6.07, 6.45) is 2.97. The first-order valence-electron chi connectivity index (χ1n) is 7.89. The third-order valence-corrected chi connectivity index (χ3v) is 4.14. The van der Waals surface area contributed by atoms with E-state index in [-0.39, 0.29) is 16.9 Å². The van der Waals surface area contributed by atoms with Gasteiger partial charge in [0, 0.05) is 26.3 Å². The Morgan fingerprint density at radius 1 is 1.38 bits per heavy atom. The van der Waals surface area contributed by atoms with Crippen LogP contribution >= 0.6 is 0 Å². The molecule has 2 aromatic heterocycles. The number of nitrogens with zero attached hydrogens (tertiary/aromatic N) is 3. The summed E-state index contributed by atoms with van der Waals surface area (Å²) in [4.78, 5) is 30.1. The number of H-pyrrole nitrogens is 1. The van der Waals surface area contributed by atoms with Crippen LogP contribution in [0.5, 0.6) is 0 Å². The summed E-state index contributed by atoms with van der Waals surface area (Å²) < 4.78 is 1.58. The Balaban J connectivity index is 1.94. The summed E-state index contributed by atoms with van der Waals surface area (Å²) >= 11 is 0. The normalized spacial score (nSPS) is 11.0. The Hall–Kier alpha value is -2.89. The lowest BCUT2D eigenvalue weighted by Crippen LogP contribution is -2.33. The maximum absolute atomic E-state index is 12.8. The van der Waals surface area contributed by atoms with Crippen LogP contribution in [0.2, 0.25) is 0 Å². The van der Waals surface area contributed by atoms with E-state index in [9.17, 15) is 9.59 Å². The molecule has 6 nitrogen and oxygen atoms in total. The van der Waals surface area contributed by atoms with Crippen molar-refractivity contribution < 1.29 is 4.79 Å². The molecule has 0 unspecified atom stereocenters. The number of carbonyl (C=O) groups is 1. The average molecular weight is 324 g/mol. The van der Waals surface area contributed by atoms with Gasteiger partial charge in [-0.25, -0.2) is 0 Å². The predicted octanol–water partition coefficient (Wildman–Crippen LogP) is 2.23. The lowest BCUT2D eigenvalue weighted by molar-refractivity contribution is 0.0751. The van der Waals surface area contributed by atoms with Crippen LogP contribution in [0.1, 0.15) is 28.4 Å². The Bertz CT molecular complexity index is 955. The fraction of sp³-hybridized carbons (Fsp3) is 0.278. The zero-order chi connectivity index (χ0) is 17.3. The maximum Gasteiger partial charge on any atom is 0.259 e. The second-order valence-electron chi connectivity index (χ2n) is 5.87. The highest BCUT2D eigenvalue weighted by atomic mass is 16.2. The van der Waals surface area contributed by atoms with Crippen LogP contribution in [0, 0.1) is 6.92 Å². The number of amides is 1. The number of hydrogen-bond donors (Lipinski definition) is 1. The lowest BCUT2D eigenvalue weighted by Gasteiger charge is -2.21. The van der Waals surface area contributed by atoms with Crippen molar-refractivity contribution in [1.82, 2.24) is 19.7 Å². The summed E-state index contributed by atoms with van der Waals surface area (Å²) in [5, 5.41) is 4.49. The quantitative estimate of drug-likeness (QED) is 0.800. The zero-order valence-corrected chi connectivity index (χ0v) is 14.0. The van der Waals surface area contributed by atoms with Crippen molar-refractivity contribution >= 4 is 16.9 Å². The van der Waals surface area contributed by atoms with Gasteiger partial charge in [0.15, 0.2) is 0 Å². The molecule has 0 radical (unpaired) electrons. The molecule has 0 saturated heterocycles. The summed E-state index contributed by atoms with van der Waals surface area (Å²) in [7, 11) is 1.75. The van der Waals surface area contributed by atoms with E-state index >= 15 is 0 Å². The number of aromatic nitrogens is 3. The minimum atomic E-state index is -0.287. The molecular formula is C18H20N4O2. The maximum atomic E-state index is 12.8. The van der Waals surface area contributed by atoms with Crippen LogP contribution in [0.4, 0.5) is 0 Å². The summed E-state index contributed by atoms with van der Waals surface area (Å²) in [6, 6.07) is 8.02. The molecule has 0 spiro atoms. The molecule has 0 saturated carbocycles. The van der Waals surface area contributed by atoms with E-state index in [1.807, 2.05) is 38.1 Å². The first-order chi connectivity index (χ1) is 11.5. The van der Waals surface area contributed by atoms with Gasteiger partial charge in [0.1, 0.15) is 11.2 Å². The molecule has 3 rings (SSSR count). The van der Waals surface area contributed by atoms with Gasteiger partial charge in [-0.2, -0.15) is 5.10 Å². The minimum Gasteiger partial charge on any atom is -0.345 e. The van der Waals surface area contributed by atoms with Crippen molar-refractivity contribution in [1.29, 1.82) is 0 Å². The molecule has 24 heavy (non-hydrogen) atoms. The Labute approximate surface area is 139 Å². The third kappa shape index (κ3) is 2.82. The summed E-state index contributed by atoms with van der Waals surface area (Å²) in [6.45, 7) is 4.92. The van der Waals surface area contributed by atoms with E-state index in [0.29, 0.717) is 24.1 Å². The summed E-state index contributed by atoms with van der Waals surface area (Å²) in [5.74, 6) is -0.272. The second-order valence-corrected chi connectivity index (χ2v) is 5.87. The molecule has 0 aliphatic rings. The minimum absolute atomic E-state index is 0.144. The Morgan fingerprint density at radius 2 is 2.17 bits per heavy atom. The number of pyridine rings is 1. The molecule has 3 aromatic rings. The van der Waals surface area contributed by atoms with Gasteiger partial charge >= 0.3 is 0 Å². The van der Waals surface area contributed by atoms with Crippen molar-refractivity contribution in [2.75, 3.05) is 6.54 Å². The van der Waals surface area contributed by atoms with Crippen molar-refractivity contribution in [2.45, 2.75) is 20.4 Å². The number of carbonyl (C=O) groups excluding carboxylic acids is 1. The number of benzene rings is 1. The number of fused-ring (bicyclic) bond motifs is 1. The molecule has 1 aromatic carbocycles. The van der Waals surface area contributed by atoms with Gasteiger partial charge in [-0.1, -0.05) is 29.8 Å². The SMILES string of the molecule is CCN(Cc1cccc(C)c1)C(=O)c1c[nH]c2c(cnn2C)c1=O. The Kier molecular flexibility index (Phi) is 4.20. The van der Waals surface area contributed by atoms with Crippen LogP contribution < -0.4 is 5.43 Å². The van der Waals surface area contributed by atoms with E-state index in [1.54, 1.807) is 16.6 Å². The van der Waals surface area contributed by atoms with Gasteiger partial charge in [0.05, 0.1) is 11.6 Å². The van der Waals surface area contributed by atoms with Crippen LogP contribution in [0.3, 0.4) is 0 Å². The highest BCUT2D eigenvalue weighted by molar-refractivity contribution is 5.96. The Morgan fingerprint density at radius 3 is 2.88 bits per heavy atom. The zero-order valence-electron chi connectivity index (χ0n) is 14.0. The highest BCUT2D eigenvalue weighted by Crippen LogP contribution is 2.12. The number of aryl methyl sites for hydroxylation is 2. The molecular weight excluding hydrogens is 304 g/mol. The van der Waals surface area contributed by atoms with Crippen LogP contribution in [-0.4, -0.2) is 32.1 Å². The predicted molar refractivity (Wildman–Crippen MR) is 92.9 cm³/mol. The third-order valence-electron chi connectivity index (χ3n) is 4.14. The van der Waals surface area contributed by atoms with Crippen LogP contribution in [0.25, 0.3) is 11.0 Å². The number of hydrogen-bond acceptors (Lipinski definition) is 3.